The van der Waals surface area contributed by atoms with Gasteiger partial charge in [-0.25, -0.2) is 5.01 Å². The van der Waals surface area contributed by atoms with Gasteiger partial charge in [0, 0.05) is 26.8 Å². The zero-order valence-electron chi connectivity index (χ0n) is 11.1. The van der Waals surface area contributed by atoms with Crippen LogP contribution in [-0.2, 0) is 4.79 Å². The summed E-state index contributed by atoms with van der Waals surface area (Å²) in [5, 5.41) is 9.78. The van der Waals surface area contributed by atoms with Crippen molar-refractivity contribution in [3.63, 3.8) is 0 Å². The van der Waals surface area contributed by atoms with Gasteiger partial charge in [0.25, 0.3) is 5.91 Å². The van der Waals surface area contributed by atoms with Gasteiger partial charge in [-0.2, -0.15) is 0 Å². The van der Waals surface area contributed by atoms with Crippen LogP contribution in [0, 0.1) is 0 Å². The van der Waals surface area contributed by atoms with E-state index in [9.17, 15) is 4.79 Å². The predicted octanol–water partition coefficient (Wildman–Crippen LogP) is 0.638. The second-order valence-electron chi connectivity index (χ2n) is 4.31. The number of carbonyl (C=O) groups excluding carboxylic acids is 1. The zero-order valence-corrected chi connectivity index (χ0v) is 11.1. The highest BCUT2D eigenvalue weighted by Crippen LogP contribution is 2.12. The molecule has 0 fully saturated rings. The standard InChI is InChI=1S/C12H22N4O/c1-6-15(4)16(5)10(3)14-12(17)11-9(2)7-8-13-11/h6,10,13H,1,7-8H2,2-5H3,(H,14,17). The molecule has 1 atom stereocenters. The maximum Gasteiger partial charge on any atom is 0.268 e. The van der Waals surface area contributed by atoms with Crippen molar-refractivity contribution < 1.29 is 4.79 Å². The Balaban J connectivity index is 2.57. The summed E-state index contributed by atoms with van der Waals surface area (Å²) in [6.45, 7) is 8.45. The van der Waals surface area contributed by atoms with Crippen LogP contribution in [0.5, 0.6) is 0 Å². The molecule has 0 aromatic rings. The molecule has 1 amide bonds. The van der Waals surface area contributed by atoms with Gasteiger partial charge in [0.15, 0.2) is 0 Å². The van der Waals surface area contributed by atoms with E-state index in [1.807, 2.05) is 38.0 Å². The summed E-state index contributed by atoms with van der Waals surface area (Å²) in [5.41, 5.74) is 1.83. The first-order valence-corrected chi connectivity index (χ1v) is 5.80. The summed E-state index contributed by atoms with van der Waals surface area (Å²) >= 11 is 0. The largest absolute Gasteiger partial charge is 0.380 e. The minimum Gasteiger partial charge on any atom is -0.380 e. The quantitative estimate of drug-likeness (QED) is 0.545. The monoisotopic (exact) mass is 238 g/mol. The van der Waals surface area contributed by atoms with E-state index in [0.29, 0.717) is 5.70 Å². The molecular weight excluding hydrogens is 216 g/mol. The Kier molecular flexibility index (Phi) is 4.57. The highest BCUT2D eigenvalue weighted by Gasteiger charge is 2.20. The van der Waals surface area contributed by atoms with Gasteiger partial charge < -0.3 is 15.6 Å². The molecule has 1 heterocycles. The Morgan fingerprint density at radius 1 is 1.59 bits per heavy atom. The van der Waals surface area contributed by atoms with E-state index in [4.69, 9.17) is 0 Å². The fourth-order valence-corrected chi connectivity index (χ4v) is 1.68. The lowest BCUT2D eigenvalue weighted by atomic mass is 10.2. The van der Waals surface area contributed by atoms with Crippen molar-refractivity contribution in [1.29, 1.82) is 0 Å². The summed E-state index contributed by atoms with van der Waals surface area (Å²) in [7, 11) is 3.78. The molecule has 0 aromatic heterocycles. The molecule has 0 bridgehead atoms. The smallest absolute Gasteiger partial charge is 0.268 e. The van der Waals surface area contributed by atoms with Crippen LogP contribution in [0.3, 0.4) is 0 Å². The lowest BCUT2D eigenvalue weighted by molar-refractivity contribution is -0.121. The first kappa shape index (κ1) is 13.6. The lowest BCUT2D eigenvalue weighted by Crippen LogP contribution is -2.50. The predicted molar refractivity (Wildman–Crippen MR) is 68.6 cm³/mol. The fraction of sp³-hybridized carbons (Fsp3) is 0.583. The SMILES string of the molecule is C=CN(C)N(C)C(C)NC(=O)C1=C(C)CCN1. The third kappa shape index (κ3) is 3.23. The summed E-state index contributed by atoms with van der Waals surface area (Å²) in [6.07, 6.45) is 2.55. The number of hydrazine groups is 1. The van der Waals surface area contributed by atoms with Crippen molar-refractivity contribution in [3.05, 3.63) is 24.0 Å². The van der Waals surface area contributed by atoms with Crippen LogP contribution in [0.2, 0.25) is 0 Å². The summed E-state index contributed by atoms with van der Waals surface area (Å²) < 4.78 is 0. The lowest BCUT2D eigenvalue weighted by Gasteiger charge is -2.32. The number of nitrogens with zero attached hydrogens (tertiary/aromatic N) is 2. The minimum absolute atomic E-state index is 0.0446. The van der Waals surface area contributed by atoms with Gasteiger partial charge in [-0.05, 0) is 25.8 Å². The second kappa shape index (κ2) is 5.72. The fourth-order valence-electron chi connectivity index (χ4n) is 1.68. The normalized spacial score (nSPS) is 16.8. The van der Waals surface area contributed by atoms with E-state index in [0.717, 1.165) is 18.5 Å². The number of hydrogen-bond donors (Lipinski definition) is 2. The Morgan fingerprint density at radius 2 is 2.24 bits per heavy atom. The van der Waals surface area contributed by atoms with Crippen molar-refractivity contribution in [2.75, 3.05) is 20.6 Å². The number of carbonyl (C=O) groups is 1. The number of hydrogen-bond acceptors (Lipinski definition) is 4. The van der Waals surface area contributed by atoms with Crippen molar-refractivity contribution in [2.24, 2.45) is 0 Å². The van der Waals surface area contributed by atoms with Gasteiger partial charge in [-0.15, -0.1) is 0 Å². The highest BCUT2D eigenvalue weighted by molar-refractivity contribution is 5.94. The zero-order chi connectivity index (χ0) is 13.0. The molecule has 0 saturated carbocycles. The molecule has 17 heavy (non-hydrogen) atoms. The average molecular weight is 238 g/mol. The Bertz CT molecular complexity index is 337. The molecule has 0 spiro atoms. The molecule has 1 unspecified atom stereocenters. The van der Waals surface area contributed by atoms with E-state index < -0.39 is 0 Å². The van der Waals surface area contributed by atoms with E-state index in [1.54, 1.807) is 6.20 Å². The van der Waals surface area contributed by atoms with E-state index in [2.05, 4.69) is 17.2 Å². The van der Waals surface area contributed by atoms with E-state index in [1.165, 1.54) is 0 Å². The van der Waals surface area contributed by atoms with E-state index >= 15 is 0 Å². The van der Waals surface area contributed by atoms with Gasteiger partial charge in [0.05, 0.1) is 11.9 Å². The van der Waals surface area contributed by atoms with Crippen LogP contribution >= 0.6 is 0 Å². The van der Waals surface area contributed by atoms with Crippen LogP contribution in [-0.4, -0.2) is 42.7 Å². The highest BCUT2D eigenvalue weighted by atomic mass is 16.2. The number of amides is 1. The molecule has 0 saturated heterocycles. The van der Waals surface area contributed by atoms with Crippen molar-refractivity contribution in [1.82, 2.24) is 20.7 Å². The van der Waals surface area contributed by atoms with Crippen LogP contribution in [0.4, 0.5) is 0 Å². The van der Waals surface area contributed by atoms with Crippen LogP contribution in [0.1, 0.15) is 20.3 Å². The second-order valence-corrected chi connectivity index (χ2v) is 4.31. The molecular formula is C12H22N4O. The summed E-state index contributed by atoms with van der Waals surface area (Å²) in [4.78, 5) is 12.0. The van der Waals surface area contributed by atoms with Crippen LogP contribution in [0.25, 0.3) is 0 Å². The molecule has 1 rings (SSSR count). The van der Waals surface area contributed by atoms with E-state index in [-0.39, 0.29) is 12.1 Å². The van der Waals surface area contributed by atoms with Gasteiger partial charge in [0.1, 0.15) is 0 Å². The van der Waals surface area contributed by atoms with Gasteiger partial charge in [-0.3, -0.25) is 4.79 Å². The molecule has 0 aromatic carbocycles. The first-order chi connectivity index (χ1) is 7.97. The van der Waals surface area contributed by atoms with Crippen LogP contribution < -0.4 is 10.6 Å². The van der Waals surface area contributed by atoms with Crippen LogP contribution in [0.15, 0.2) is 24.0 Å². The maximum absolute atomic E-state index is 12.0. The topological polar surface area (TPSA) is 47.6 Å². The molecule has 5 heteroatoms. The van der Waals surface area contributed by atoms with Crippen molar-refractivity contribution in [3.8, 4) is 0 Å². The molecule has 1 aliphatic heterocycles. The summed E-state index contributed by atoms with van der Waals surface area (Å²) in [6, 6.07) is 0. The number of rotatable bonds is 5. The van der Waals surface area contributed by atoms with Crippen molar-refractivity contribution in [2.45, 2.75) is 26.4 Å². The van der Waals surface area contributed by atoms with Gasteiger partial charge in [0.2, 0.25) is 0 Å². The Labute approximate surface area is 103 Å². The summed E-state index contributed by atoms with van der Waals surface area (Å²) in [5.74, 6) is -0.0446. The number of nitrogens with one attached hydrogen (secondary N) is 2. The van der Waals surface area contributed by atoms with Gasteiger partial charge in [-0.1, -0.05) is 6.58 Å². The van der Waals surface area contributed by atoms with Crippen molar-refractivity contribution >= 4 is 5.91 Å². The molecule has 1 aliphatic rings. The van der Waals surface area contributed by atoms with Gasteiger partial charge >= 0.3 is 0 Å². The molecule has 0 radical (unpaired) electrons. The third-order valence-corrected chi connectivity index (χ3v) is 3.12. The maximum atomic E-state index is 12.0. The Morgan fingerprint density at radius 3 is 2.71 bits per heavy atom. The minimum atomic E-state index is -0.0896. The molecule has 2 N–H and O–H groups in total. The molecule has 5 nitrogen and oxygen atoms in total. The molecule has 0 aliphatic carbocycles. The Hall–Kier alpha value is -1.49. The molecule has 96 valence electrons. The first-order valence-electron chi connectivity index (χ1n) is 5.80. The average Bonchev–Trinajstić information content (AvgIpc) is 2.73. The third-order valence-electron chi connectivity index (χ3n) is 3.12.